The van der Waals surface area contributed by atoms with E-state index in [4.69, 9.17) is 11.5 Å². The largest absolute Gasteiger partial charge is 0.368 e. The first kappa shape index (κ1) is 13.1. The number of amides is 1. The van der Waals surface area contributed by atoms with Gasteiger partial charge in [0.1, 0.15) is 0 Å². The molecule has 0 aliphatic rings. The fraction of sp³-hybridized carbons (Fsp3) is 0.600. The smallest absolute Gasteiger partial charge is 0.237 e. The van der Waals surface area contributed by atoms with Gasteiger partial charge in [0.25, 0.3) is 0 Å². The molecule has 1 aromatic rings. The van der Waals surface area contributed by atoms with Gasteiger partial charge in [0.15, 0.2) is 5.16 Å². The summed E-state index contributed by atoms with van der Waals surface area (Å²) in [5.74, 6) is -0.472. The van der Waals surface area contributed by atoms with Crippen LogP contribution in [0.25, 0.3) is 0 Å². The third-order valence-electron chi connectivity index (χ3n) is 2.36. The number of carbonyl (C=O) groups is 1. The number of rotatable bonds is 5. The monoisotopic (exact) mass is 242 g/mol. The second-order valence-corrected chi connectivity index (χ2v) is 5.64. The van der Waals surface area contributed by atoms with Gasteiger partial charge in [0, 0.05) is 24.7 Å². The number of imidazole rings is 1. The molecule has 0 fully saturated rings. The average molecular weight is 242 g/mol. The standard InChI is InChI=1S/C10H18N4OS/c1-7(6-10(2,12)8(11)15)16-9-13-4-5-14(9)3/h4-5,7H,6,12H2,1-3H3,(H2,11,15). The summed E-state index contributed by atoms with van der Waals surface area (Å²) in [6, 6.07) is 0. The quantitative estimate of drug-likeness (QED) is 0.736. The van der Waals surface area contributed by atoms with Crippen LogP contribution in [-0.2, 0) is 11.8 Å². The second-order valence-electron chi connectivity index (χ2n) is 4.24. The molecule has 0 aliphatic heterocycles. The number of nitrogens with two attached hydrogens (primary N) is 2. The predicted molar refractivity (Wildman–Crippen MR) is 64.9 cm³/mol. The number of thioether (sulfide) groups is 1. The van der Waals surface area contributed by atoms with Crippen molar-refractivity contribution in [3.8, 4) is 0 Å². The van der Waals surface area contributed by atoms with E-state index < -0.39 is 11.4 Å². The Morgan fingerprint density at radius 3 is 2.81 bits per heavy atom. The molecule has 1 amide bonds. The van der Waals surface area contributed by atoms with E-state index in [0.29, 0.717) is 6.42 Å². The van der Waals surface area contributed by atoms with E-state index in [2.05, 4.69) is 4.98 Å². The van der Waals surface area contributed by atoms with E-state index in [1.54, 1.807) is 24.9 Å². The number of carbonyl (C=O) groups excluding carboxylic acids is 1. The molecule has 1 aromatic heterocycles. The van der Waals surface area contributed by atoms with Gasteiger partial charge in [0.2, 0.25) is 5.91 Å². The Bertz CT molecular complexity index is 375. The maximum Gasteiger partial charge on any atom is 0.237 e. The van der Waals surface area contributed by atoms with Crippen molar-refractivity contribution in [2.24, 2.45) is 18.5 Å². The minimum absolute atomic E-state index is 0.184. The fourth-order valence-corrected chi connectivity index (χ4v) is 2.52. The molecule has 0 spiro atoms. The summed E-state index contributed by atoms with van der Waals surface area (Å²) in [6.07, 6.45) is 4.15. The zero-order chi connectivity index (χ0) is 12.3. The lowest BCUT2D eigenvalue weighted by Crippen LogP contribution is -2.50. The van der Waals surface area contributed by atoms with Crippen LogP contribution < -0.4 is 11.5 Å². The van der Waals surface area contributed by atoms with E-state index in [9.17, 15) is 4.79 Å². The Hall–Kier alpha value is -1.01. The van der Waals surface area contributed by atoms with Crippen molar-refractivity contribution >= 4 is 17.7 Å². The molecule has 4 N–H and O–H groups in total. The highest BCUT2D eigenvalue weighted by molar-refractivity contribution is 7.99. The molecule has 2 unspecified atom stereocenters. The number of aromatic nitrogens is 2. The van der Waals surface area contributed by atoms with Gasteiger partial charge in [-0.05, 0) is 13.3 Å². The van der Waals surface area contributed by atoms with Crippen LogP contribution in [0.1, 0.15) is 20.3 Å². The zero-order valence-electron chi connectivity index (χ0n) is 9.80. The molecule has 0 aliphatic carbocycles. The third kappa shape index (κ3) is 3.24. The lowest BCUT2D eigenvalue weighted by Gasteiger charge is -2.23. The number of hydrogen-bond donors (Lipinski definition) is 2. The predicted octanol–water partition coefficient (Wildman–Crippen LogP) is 0.493. The molecule has 2 atom stereocenters. The topological polar surface area (TPSA) is 86.9 Å². The van der Waals surface area contributed by atoms with Gasteiger partial charge in [-0.1, -0.05) is 18.7 Å². The maximum atomic E-state index is 11.1. The summed E-state index contributed by atoms with van der Waals surface area (Å²) in [5.41, 5.74) is 10.1. The third-order valence-corrected chi connectivity index (χ3v) is 3.53. The van der Waals surface area contributed by atoms with Crippen LogP contribution in [0.2, 0.25) is 0 Å². The summed E-state index contributed by atoms with van der Waals surface area (Å²) < 4.78 is 1.93. The van der Waals surface area contributed by atoms with Crippen molar-refractivity contribution in [3.63, 3.8) is 0 Å². The summed E-state index contributed by atoms with van der Waals surface area (Å²) in [5, 5.41) is 1.09. The molecular weight excluding hydrogens is 224 g/mol. The Labute approximate surface area is 99.6 Å². The van der Waals surface area contributed by atoms with Crippen LogP contribution in [0.5, 0.6) is 0 Å². The summed E-state index contributed by atoms with van der Waals surface area (Å²) >= 11 is 1.59. The van der Waals surface area contributed by atoms with Gasteiger partial charge in [-0.25, -0.2) is 4.98 Å². The highest BCUT2D eigenvalue weighted by Crippen LogP contribution is 2.26. The summed E-state index contributed by atoms with van der Waals surface area (Å²) in [4.78, 5) is 15.3. The molecule has 90 valence electrons. The first-order chi connectivity index (χ1) is 7.33. The Morgan fingerprint density at radius 2 is 2.38 bits per heavy atom. The number of hydrogen-bond acceptors (Lipinski definition) is 4. The molecule has 0 saturated carbocycles. The van der Waals surface area contributed by atoms with Crippen LogP contribution in [0, 0.1) is 0 Å². The highest BCUT2D eigenvalue weighted by atomic mass is 32.2. The number of aryl methyl sites for hydroxylation is 1. The van der Waals surface area contributed by atoms with Crippen molar-refractivity contribution in [2.45, 2.75) is 36.2 Å². The highest BCUT2D eigenvalue weighted by Gasteiger charge is 2.28. The minimum Gasteiger partial charge on any atom is -0.368 e. The van der Waals surface area contributed by atoms with Gasteiger partial charge in [-0.15, -0.1) is 0 Å². The number of primary amides is 1. The SMILES string of the molecule is CC(CC(C)(N)C(N)=O)Sc1nccn1C. The van der Waals surface area contributed by atoms with Gasteiger partial charge in [-0.2, -0.15) is 0 Å². The van der Waals surface area contributed by atoms with Crippen molar-refractivity contribution in [1.29, 1.82) is 0 Å². The van der Waals surface area contributed by atoms with Crippen LogP contribution >= 0.6 is 11.8 Å². The van der Waals surface area contributed by atoms with Crippen molar-refractivity contribution in [2.75, 3.05) is 0 Å². The molecule has 0 saturated heterocycles. The molecule has 1 rings (SSSR count). The van der Waals surface area contributed by atoms with E-state index in [-0.39, 0.29) is 5.25 Å². The molecule has 0 radical (unpaired) electrons. The maximum absolute atomic E-state index is 11.1. The van der Waals surface area contributed by atoms with E-state index in [0.717, 1.165) is 5.16 Å². The van der Waals surface area contributed by atoms with Gasteiger partial charge >= 0.3 is 0 Å². The fourth-order valence-electron chi connectivity index (χ4n) is 1.38. The van der Waals surface area contributed by atoms with Crippen LogP contribution in [-0.4, -0.2) is 26.2 Å². The molecule has 16 heavy (non-hydrogen) atoms. The molecule has 5 nitrogen and oxygen atoms in total. The van der Waals surface area contributed by atoms with Gasteiger partial charge < -0.3 is 16.0 Å². The molecular formula is C10H18N4OS. The summed E-state index contributed by atoms with van der Waals surface area (Å²) in [6.45, 7) is 3.66. The number of nitrogens with zero attached hydrogens (tertiary/aromatic N) is 2. The Balaban J connectivity index is 2.58. The zero-order valence-corrected chi connectivity index (χ0v) is 10.6. The Kier molecular flexibility index (Phi) is 3.98. The van der Waals surface area contributed by atoms with E-state index >= 15 is 0 Å². The molecule has 1 heterocycles. The minimum atomic E-state index is -0.961. The first-order valence-corrected chi connectivity index (χ1v) is 5.93. The van der Waals surface area contributed by atoms with Crippen LogP contribution in [0.4, 0.5) is 0 Å². The van der Waals surface area contributed by atoms with Gasteiger partial charge in [-0.3, -0.25) is 4.79 Å². The summed E-state index contributed by atoms with van der Waals surface area (Å²) in [7, 11) is 1.93. The van der Waals surface area contributed by atoms with Crippen LogP contribution in [0.15, 0.2) is 17.6 Å². The van der Waals surface area contributed by atoms with Crippen molar-refractivity contribution < 1.29 is 4.79 Å². The first-order valence-electron chi connectivity index (χ1n) is 5.05. The lowest BCUT2D eigenvalue weighted by atomic mass is 9.97. The van der Waals surface area contributed by atoms with E-state index in [1.807, 2.05) is 24.7 Å². The normalized spacial score (nSPS) is 16.8. The molecule has 0 bridgehead atoms. The van der Waals surface area contributed by atoms with Gasteiger partial charge in [0.05, 0.1) is 5.54 Å². The molecule has 6 heteroatoms. The Morgan fingerprint density at radius 1 is 1.75 bits per heavy atom. The average Bonchev–Trinajstić information content (AvgIpc) is 2.50. The van der Waals surface area contributed by atoms with Crippen molar-refractivity contribution in [1.82, 2.24) is 9.55 Å². The lowest BCUT2D eigenvalue weighted by molar-refractivity contribution is -0.122. The van der Waals surface area contributed by atoms with Crippen molar-refractivity contribution in [3.05, 3.63) is 12.4 Å². The molecule has 0 aromatic carbocycles. The van der Waals surface area contributed by atoms with E-state index in [1.165, 1.54) is 0 Å². The van der Waals surface area contributed by atoms with Crippen LogP contribution in [0.3, 0.4) is 0 Å². The second kappa shape index (κ2) is 4.88.